The van der Waals surface area contributed by atoms with Crippen molar-refractivity contribution < 1.29 is 14.3 Å². The van der Waals surface area contributed by atoms with Crippen LogP contribution in [-0.2, 0) is 9.53 Å². The highest BCUT2D eigenvalue weighted by Crippen LogP contribution is 2.14. The van der Waals surface area contributed by atoms with Crippen molar-refractivity contribution in [3.63, 3.8) is 0 Å². The standard InChI is InChI=1S/C12H23N3O3/c1-12(2,3)18-11(17)15-6-5-14-8-9(15)7-10(16)13-4/h9,14H,5-8H2,1-4H3,(H,13,16). The van der Waals surface area contributed by atoms with E-state index in [1.165, 1.54) is 0 Å². The van der Waals surface area contributed by atoms with Gasteiger partial charge in [-0.25, -0.2) is 4.79 Å². The third kappa shape index (κ3) is 4.52. The third-order valence-electron chi connectivity index (χ3n) is 2.68. The van der Waals surface area contributed by atoms with Crippen molar-refractivity contribution in [3.05, 3.63) is 0 Å². The minimum atomic E-state index is -0.514. The van der Waals surface area contributed by atoms with E-state index >= 15 is 0 Å². The molecule has 1 rings (SSSR count). The number of rotatable bonds is 2. The lowest BCUT2D eigenvalue weighted by Crippen LogP contribution is -2.55. The van der Waals surface area contributed by atoms with Crippen LogP contribution < -0.4 is 10.6 Å². The van der Waals surface area contributed by atoms with Gasteiger partial charge in [0, 0.05) is 33.1 Å². The van der Waals surface area contributed by atoms with Crippen LogP contribution in [0.15, 0.2) is 0 Å². The topological polar surface area (TPSA) is 70.7 Å². The van der Waals surface area contributed by atoms with E-state index in [-0.39, 0.29) is 18.0 Å². The number of hydrogen-bond donors (Lipinski definition) is 2. The lowest BCUT2D eigenvalue weighted by molar-refractivity contribution is -0.121. The van der Waals surface area contributed by atoms with Crippen LogP contribution in [0.5, 0.6) is 0 Å². The second-order valence-corrected chi connectivity index (χ2v) is 5.41. The molecule has 0 aromatic carbocycles. The first kappa shape index (κ1) is 14.8. The number of carbonyl (C=O) groups is 2. The van der Waals surface area contributed by atoms with Crippen molar-refractivity contribution in [2.45, 2.75) is 38.8 Å². The molecule has 0 aliphatic carbocycles. The molecule has 104 valence electrons. The van der Waals surface area contributed by atoms with Crippen LogP contribution in [0.25, 0.3) is 0 Å². The van der Waals surface area contributed by atoms with Crippen LogP contribution in [-0.4, -0.2) is 55.2 Å². The van der Waals surface area contributed by atoms with Crippen LogP contribution in [0.2, 0.25) is 0 Å². The summed E-state index contributed by atoms with van der Waals surface area (Å²) in [5.41, 5.74) is -0.514. The molecule has 0 aromatic heterocycles. The summed E-state index contributed by atoms with van der Waals surface area (Å²) in [6.07, 6.45) is -0.0548. The van der Waals surface area contributed by atoms with Crippen LogP contribution in [0, 0.1) is 0 Å². The maximum absolute atomic E-state index is 12.0. The molecule has 1 unspecified atom stereocenters. The SMILES string of the molecule is CNC(=O)CC1CNCCN1C(=O)OC(C)(C)C. The molecule has 0 spiro atoms. The fraction of sp³-hybridized carbons (Fsp3) is 0.833. The molecular weight excluding hydrogens is 234 g/mol. The van der Waals surface area contributed by atoms with E-state index in [1.54, 1.807) is 11.9 Å². The zero-order valence-electron chi connectivity index (χ0n) is 11.6. The highest BCUT2D eigenvalue weighted by atomic mass is 16.6. The van der Waals surface area contributed by atoms with Gasteiger partial charge in [-0.2, -0.15) is 0 Å². The maximum Gasteiger partial charge on any atom is 0.410 e. The van der Waals surface area contributed by atoms with E-state index < -0.39 is 5.60 Å². The number of nitrogens with zero attached hydrogens (tertiary/aromatic N) is 1. The van der Waals surface area contributed by atoms with Gasteiger partial charge in [0.15, 0.2) is 0 Å². The average molecular weight is 257 g/mol. The van der Waals surface area contributed by atoms with Gasteiger partial charge in [0.25, 0.3) is 0 Å². The lowest BCUT2D eigenvalue weighted by Gasteiger charge is -2.36. The Morgan fingerprint density at radius 3 is 2.67 bits per heavy atom. The van der Waals surface area contributed by atoms with Crippen molar-refractivity contribution in [1.29, 1.82) is 0 Å². The summed E-state index contributed by atoms with van der Waals surface area (Å²) in [5, 5.41) is 5.76. The predicted octanol–water partition coefficient (Wildman–Crippen LogP) is 0.331. The smallest absolute Gasteiger partial charge is 0.410 e. The van der Waals surface area contributed by atoms with Gasteiger partial charge in [-0.3, -0.25) is 4.79 Å². The molecule has 1 heterocycles. The first-order valence-electron chi connectivity index (χ1n) is 6.24. The van der Waals surface area contributed by atoms with Gasteiger partial charge in [0.2, 0.25) is 5.91 Å². The van der Waals surface area contributed by atoms with Crippen LogP contribution in [0.1, 0.15) is 27.2 Å². The minimum absolute atomic E-state index is 0.0720. The first-order chi connectivity index (χ1) is 8.33. The zero-order chi connectivity index (χ0) is 13.8. The van der Waals surface area contributed by atoms with Gasteiger partial charge in [-0.05, 0) is 20.8 Å². The Morgan fingerprint density at radius 1 is 1.44 bits per heavy atom. The summed E-state index contributed by atoms with van der Waals surface area (Å²) in [6, 6.07) is -0.145. The second-order valence-electron chi connectivity index (χ2n) is 5.41. The van der Waals surface area contributed by atoms with E-state index in [2.05, 4.69) is 10.6 Å². The molecule has 6 heteroatoms. The number of amides is 2. The van der Waals surface area contributed by atoms with Crippen LogP contribution in [0.4, 0.5) is 4.79 Å². The molecule has 1 aliphatic rings. The number of nitrogens with one attached hydrogen (secondary N) is 2. The molecular formula is C12H23N3O3. The van der Waals surface area contributed by atoms with Gasteiger partial charge < -0.3 is 20.3 Å². The Balaban J connectivity index is 2.64. The summed E-state index contributed by atoms with van der Waals surface area (Å²) < 4.78 is 5.35. The Bertz CT molecular complexity index is 312. The van der Waals surface area contributed by atoms with Gasteiger partial charge >= 0.3 is 6.09 Å². The highest BCUT2D eigenvalue weighted by molar-refractivity contribution is 5.77. The monoisotopic (exact) mass is 257 g/mol. The fourth-order valence-electron chi connectivity index (χ4n) is 1.82. The zero-order valence-corrected chi connectivity index (χ0v) is 11.6. The Kier molecular flexibility index (Phi) is 4.95. The van der Waals surface area contributed by atoms with E-state index in [1.807, 2.05) is 20.8 Å². The Labute approximate surface area is 108 Å². The Hall–Kier alpha value is -1.30. The molecule has 1 atom stereocenters. The highest BCUT2D eigenvalue weighted by Gasteiger charge is 2.31. The normalized spacial score (nSPS) is 20.4. The second kappa shape index (κ2) is 6.04. The number of carbonyl (C=O) groups excluding carboxylic acids is 2. The van der Waals surface area contributed by atoms with Crippen LogP contribution >= 0.6 is 0 Å². The molecule has 1 saturated heterocycles. The largest absolute Gasteiger partial charge is 0.444 e. The maximum atomic E-state index is 12.0. The number of ether oxygens (including phenoxy) is 1. The van der Waals surface area contributed by atoms with Gasteiger partial charge in [0.1, 0.15) is 5.60 Å². The Morgan fingerprint density at radius 2 is 2.11 bits per heavy atom. The van der Waals surface area contributed by atoms with Gasteiger partial charge in [-0.1, -0.05) is 0 Å². The molecule has 1 fully saturated rings. The summed E-state index contributed by atoms with van der Waals surface area (Å²) in [4.78, 5) is 25.1. The molecule has 6 nitrogen and oxygen atoms in total. The molecule has 2 N–H and O–H groups in total. The first-order valence-corrected chi connectivity index (χ1v) is 6.24. The van der Waals surface area contributed by atoms with E-state index in [0.29, 0.717) is 19.5 Å². The number of hydrogen-bond acceptors (Lipinski definition) is 4. The fourth-order valence-corrected chi connectivity index (χ4v) is 1.82. The minimum Gasteiger partial charge on any atom is -0.444 e. The quantitative estimate of drug-likeness (QED) is 0.748. The number of piperazine rings is 1. The molecule has 1 aliphatic heterocycles. The van der Waals surface area contributed by atoms with E-state index in [0.717, 1.165) is 6.54 Å². The van der Waals surface area contributed by atoms with Crippen molar-refractivity contribution >= 4 is 12.0 Å². The third-order valence-corrected chi connectivity index (χ3v) is 2.68. The molecule has 2 amide bonds. The molecule has 0 saturated carbocycles. The van der Waals surface area contributed by atoms with Gasteiger partial charge in [0.05, 0.1) is 6.04 Å². The van der Waals surface area contributed by atoms with Crippen molar-refractivity contribution in [1.82, 2.24) is 15.5 Å². The van der Waals surface area contributed by atoms with Crippen molar-refractivity contribution in [3.8, 4) is 0 Å². The molecule has 18 heavy (non-hydrogen) atoms. The van der Waals surface area contributed by atoms with Crippen LogP contribution in [0.3, 0.4) is 0 Å². The molecule has 0 aromatic rings. The molecule has 0 radical (unpaired) electrons. The van der Waals surface area contributed by atoms with E-state index in [4.69, 9.17) is 4.74 Å². The van der Waals surface area contributed by atoms with Gasteiger partial charge in [-0.15, -0.1) is 0 Å². The molecule has 0 bridgehead atoms. The summed E-state index contributed by atoms with van der Waals surface area (Å²) >= 11 is 0. The van der Waals surface area contributed by atoms with Crippen molar-refractivity contribution in [2.24, 2.45) is 0 Å². The summed E-state index contributed by atoms with van der Waals surface area (Å²) in [5.74, 6) is -0.0720. The summed E-state index contributed by atoms with van der Waals surface area (Å²) in [7, 11) is 1.59. The average Bonchev–Trinajstić information content (AvgIpc) is 2.27. The summed E-state index contributed by atoms with van der Waals surface area (Å²) in [6.45, 7) is 7.41. The predicted molar refractivity (Wildman–Crippen MR) is 68.3 cm³/mol. The lowest BCUT2D eigenvalue weighted by atomic mass is 10.1. The van der Waals surface area contributed by atoms with Crippen molar-refractivity contribution in [2.75, 3.05) is 26.7 Å². The van der Waals surface area contributed by atoms with E-state index in [9.17, 15) is 9.59 Å².